The van der Waals surface area contributed by atoms with Crippen LogP contribution in [-0.2, 0) is 11.2 Å². The molecule has 0 radical (unpaired) electrons. The predicted octanol–water partition coefficient (Wildman–Crippen LogP) is 4.29. The number of anilines is 1. The fourth-order valence-electron chi connectivity index (χ4n) is 3.26. The van der Waals surface area contributed by atoms with E-state index in [4.69, 9.17) is 16.3 Å². The van der Waals surface area contributed by atoms with E-state index >= 15 is 0 Å². The van der Waals surface area contributed by atoms with E-state index in [1.54, 1.807) is 0 Å². The summed E-state index contributed by atoms with van der Waals surface area (Å²) >= 11 is 7.46. The summed E-state index contributed by atoms with van der Waals surface area (Å²) < 4.78 is 7.33. The second-order valence-electron chi connectivity index (χ2n) is 6.73. The van der Waals surface area contributed by atoms with Crippen molar-refractivity contribution in [2.75, 3.05) is 17.3 Å². The summed E-state index contributed by atoms with van der Waals surface area (Å²) in [7, 11) is 0. The first kappa shape index (κ1) is 20.6. The summed E-state index contributed by atoms with van der Waals surface area (Å²) in [6.45, 7) is 4.55. The predicted molar refractivity (Wildman–Crippen MR) is 119 cm³/mol. The second-order valence-corrected chi connectivity index (χ2v) is 8.28. The lowest BCUT2D eigenvalue weighted by atomic mass is 10.0. The van der Waals surface area contributed by atoms with Gasteiger partial charge in [-0.2, -0.15) is 0 Å². The second kappa shape index (κ2) is 8.97. The van der Waals surface area contributed by atoms with E-state index in [0.717, 1.165) is 23.6 Å². The lowest BCUT2D eigenvalue weighted by Gasteiger charge is -2.33. The molecule has 30 heavy (non-hydrogen) atoms. The van der Waals surface area contributed by atoms with E-state index in [1.165, 1.54) is 11.8 Å². The molecule has 2 heterocycles. The van der Waals surface area contributed by atoms with Crippen LogP contribution in [0, 0.1) is 0 Å². The Balaban J connectivity index is 1.60. The summed E-state index contributed by atoms with van der Waals surface area (Å²) in [6, 6.07) is 14.6. The number of nitrogens with one attached hydrogen (secondary N) is 2. The SMILES string of the molecule is CCOc1ccc(NC(=O)C2Sc3nnc(CC)n3NC2c2ccc(Cl)cc2)cc1. The van der Waals surface area contributed by atoms with Gasteiger partial charge in [0.25, 0.3) is 0 Å². The van der Waals surface area contributed by atoms with Crippen molar-refractivity contribution in [3.8, 4) is 5.75 Å². The molecule has 0 bridgehead atoms. The van der Waals surface area contributed by atoms with Crippen LogP contribution in [0.2, 0.25) is 5.02 Å². The molecule has 2 atom stereocenters. The van der Waals surface area contributed by atoms with Crippen LogP contribution in [0.5, 0.6) is 5.75 Å². The van der Waals surface area contributed by atoms with E-state index in [-0.39, 0.29) is 11.9 Å². The van der Waals surface area contributed by atoms with Crippen molar-refractivity contribution in [2.24, 2.45) is 0 Å². The van der Waals surface area contributed by atoms with Crippen LogP contribution in [0.4, 0.5) is 5.69 Å². The number of carbonyl (C=O) groups is 1. The molecule has 2 aromatic carbocycles. The van der Waals surface area contributed by atoms with Crippen LogP contribution in [-0.4, -0.2) is 32.6 Å². The Morgan fingerprint density at radius 3 is 2.57 bits per heavy atom. The molecule has 1 aromatic heterocycles. The van der Waals surface area contributed by atoms with E-state index < -0.39 is 5.25 Å². The zero-order valence-electron chi connectivity index (χ0n) is 16.6. The van der Waals surface area contributed by atoms with Crippen LogP contribution >= 0.6 is 23.4 Å². The molecular weight excluding hydrogens is 422 g/mol. The first-order valence-electron chi connectivity index (χ1n) is 9.75. The van der Waals surface area contributed by atoms with Crippen molar-refractivity contribution in [2.45, 2.75) is 36.7 Å². The summed E-state index contributed by atoms with van der Waals surface area (Å²) in [5.74, 6) is 1.47. The van der Waals surface area contributed by atoms with Gasteiger partial charge in [-0.1, -0.05) is 42.4 Å². The molecular formula is C21H22ClN5O2S. The maximum absolute atomic E-state index is 13.2. The lowest BCUT2D eigenvalue weighted by Crippen LogP contribution is -2.41. The van der Waals surface area contributed by atoms with E-state index in [2.05, 4.69) is 20.9 Å². The highest BCUT2D eigenvalue weighted by Crippen LogP contribution is 2.38. The average Bonchev–Trinajstić information content (AvgIpc) is 3.17. The number of benzene rings is 2. The van der Waals surface area contributed by atoms with Crippen molar-refractivity contribution in [3.63, 3.8) is 0 Å². The molecule has 0 spiro atoms. The molecule has 0 saturated carbocycles. The highest BCUT2D eigenvalue weighted by Gasteiger charge is 2.37. The van der Waals surface area contributed by atoms with Crippen molar-refractivity contribution in [3.05, 3.63) is 64.9 Å². The van der Waals surface area contributed by atoms with Crippen LogP contribution in [0.15, 0.2) is 53.7 Å². The van der Waals surface area contributed by atoms with E-state index in [0.29, 0.717) is 22.5 Å². The Morgan fingerprint density at radius 1 is 1.17 bits per heavy atom. The number of ether oxygens (including phenoxy) is 1. The van der Waals surface area contributed by atoms with Gasteiger partial charge < -0.3 is 15.5 Å². The number of hydrogen-bond donors (Lipinski definition) is 2. The fourth-order valence-corrected chi connectivity index (χ4v) is 4.49. The first-order chi connectivity index (χ1) is 14.6. The zero-order chi connectivity index (χ0) is 21.1. The number of thioether (sulfide) groups is 1. The highest BCUT2D eigenvalue weighted by molar-refractivity contribution is 8.00. The first-order valence-corrected chi connectivity index (χ1v) is 11.0. The monoisotopic (exact) mass is 443 g/mol. The molecule has 0 fully saturated rings. The summed E-state index contributed by atoms with van der Waals surface area (Å²) in [6.07, 6.45) is 0.733. The van der Waals surface area contributed by atoms with Gasteiger partial charge in [-0.3, -0.25) is 4.79 Å². The Morgan fingerprint density at radius 2 is 1.90 bits per heavy atom. The Hall–Kier alpha value is -2.71. The molecule has 0 saturated heterocycles. The third-order valence-electron chi connectivity index (χ3n) is 4.74. The lowest BCUT2D eigenvalue weighted by molar-refractivity contribution is -0.116. The highest BCUT2D eigenvalue weighted by atomic mass is 35.5. The molecule has 2 N–H and O–H groups in total. The number of amides is 1. The van der Waals surface area contributed by atoms with Crippen LogP contribution in [0.1, 0.15) is 31.3 Å². The molecule has 156 valence electrons. The van der Waals surface area contributed by atoms with Crippen LogP contribution in [0.3, 0.4) is 0 Å². The van der Waals surface area contributed by atoms with E-state index in [1.807, 2.05) is 67.1 Å². The number of aromatic nitrogens is 3. The summed E-state index contributed by atoms with van der Waals surface area (Å²) in [5, 5.41) is 12.3. The van der Waals surface area contributed by atoms with Gasteiger partial charge in [0.05, 0.1) is 12.6 Å². The standard InChI is InChI=1S/C21H22ClN5O2S/c1-3-17-24-25-21-27(17)26-18(13-5-7-14(22)8-6-13)19(30-21)20(28)23-15-9-11-16(12-10-15)29-4-2/h5-12,18-19,26H,3-4H2,1-2H3,(H,23,28). The average molecular weight is 444 g/mol. The molecule has 0 aliphatic carbocycles. The smallest absolute Gasteiger partial charge is 0.240 e. The number of nitrogens with zero attached hydrogens (tertiary/aromatic N) is 3. The number of rotatable bonds is 6. The Kier molecular flexibility index (Phi) is 6.15. The van der Waals surface area contributed by atoms with Crippen LogP contribution < -0.4 is 15.5 Å². The zero-order valence-corrected chi connectivity index (χ0v) is 18.2. The van der Waals surface area contributed by atoms with Crippen molar-refractivity contribution >= 4 is 35.0 Å². The number of halogens is 1. The van der Waals surface area contributed by atoms with Gasteiger partial charge in [-0.25, -0.2) is 4.68 Å². The summed E-state index contributed by atoms with van der Waals surface area (Å²) in [4.78, 5) is 13.2. The Bertz CT molecular complexity index is 1020. The quantitative estimate of drug-likeness (QED) is 0.591. The third-order valence-corrected chi connectivity index (χ3v) is 6.21. The van der Waals surface area contributed by atoms with Gasteiger partial charge in [0.1, 0.15) is 11.0 Å². The topological polar surface area (TPSA) is 81.1 Å². The largest absolute Gasteiger partial charge is 0.494 e. The fraction of sp³-hybridized carbons (Fsp3) is 0.286. The van der Waals surface area contributed by atoms with Crippen molar-refractivity contribution < 1.29 is 9.53 Å². The molecule has 1 aliphatic rings. The van der Waals surface area contributed by atoms with Gasteiger partial charge in [0.15, 0.2) is 5.82 Å². The Labute approximate surface area is 184 Å². The molecule has 3 aromatic rings. The molecule has 2 unspecified atom stereocenters. The van der Waals surface area contributed by atoms with Gasteiger partial charge in [-0.15, -0.1) is 10.2 Å². The molecule has 4 rings (SSSR count). The normalized spacial score (nSPS) is 17.7. The summed E-state index contributed by atoms with van der Waals surface area (Å²) in [5.41, 5.74) is 5.09. The minimum Gasteiger partial charge on any atom is -0.494 e. The van der Waals surface area contributed by atoms with E-state index in [9.17, 15) is 4.79 Å². The van der Waals surface area contributed by atoms with Gasteiger partial charge in [-0.05, 0) is 48.9 Å². The molecule has 1 aliphatic heterocycles. The minimum absolute atomic E-state index is 0.121. The maximum atomic E-state index is 13.2. The van der Waals surface area contributed by atoms with Crippen molar-refractivity contribution in [1.29, 1.82) is 0 Å². The van der Waals surface area contributed by atoms with Gasteiger partial charge in [0.2, 0.25) is 11.1 Å². The maximum Gasteiger partial charge on any atom is 0.240 e. The van der Waals surface area contributed by atoms with Gasteiger partial charge in [0, 0.05) is 17.1 Å². The van der Waals surface area contributed by atoms with Crippen molar-refractivity contribution in [1.82, 2.24) is 14.9 Å². The van der Waals surface area contributed by atoms with Crippen LogP contribution in [0.25, 0.3) is 0 Å². The molecule has 7 nitrogen and oxygen atoms in total. The number of aryl methyl sites for hydroxylation is 1. The molecule has 1 amide bonds. The number of hydrogen-bond acceptors (Lipinski definition) is 6. The number of carbonyl (C=O) groups excluding carboxylic acids is 1. The third kappa shape index (κ3) is 4.24. The minimum atomic E-state index is -0.445. The number of fused-ring (bicyclic) bond motifs is 1. The van der Waals surface area contributed by atoms with Gasteiger partial charge >= 0.3 is 0 Å². The molecule has 9 heteroatoms.